The van der Waals surface area contributed by atoms with Gasteiger partial charge in [-0.25, -0.2) is 0 Å². The summed E-state index contributed by atoms with van der Waals surface area (Å²) in [6, 6.07) is 0. The maximum Gasteiger partial charge on any atom is 0.0174 e. The first kappa shape index (κ1) is 17.5. The highest BCUT2D eigenvalue weighted by molar-refractivity contribution is 9.09. The van der Waals surface area contributed by atoms with Crippen LogP contribution in [0.15, 0.2) is 0 Å². The first-order valence-corrected chi connectivity index (χ1v) is 9.90. The van der Waals surface area contributed by atoms with Gasteiger partial charge in [0, 0.05) is 4.83 Å². The summed E-state index contributed by atoms with van der Waals surface area (Å²) in [4.78, 5) is 0.833. The van der Waals surface area contributed by atoms with Gasteiger partial charge in [-0.15, -0.1) is 0 Å². The first-order chi connectivity index (χ1) is 9.34. The van der Waals surface area contributed by atoms with E-state index in [1.807, 2.05) is 0 Å². The SMILES string of the molecule is CCCCCCCCCCCCC1CCCCC1Br. The molecule has 0 radical (unpaired) electrons. The summed E-state index contributed by atoms with van der Waals surface area (Å²) in [5.41, 5.74) is 0. The highest BCUT2D eigenvalue weighted by Gasteiger charge is 2.21. The van der Waals surface area contributed by atoms with Gasteiger partial charge in [-0.05, 0) is 25.2 Å². The Bertz CT molecular complexity index is 190. The summed E-state index contributed by atoms with van der Waals surface area (Å²) >= 11 is 3.88. The Hall–Kier alpha value is 0.480. The topological polar surface area (TPSA) is 0 Å². The minimum Gasteiger partial charge on any atom is -0.0888 e. The highest BCUT2D eigenvalue weighted by atomic mass is 79.9. The summed E-state index contributed by atoms with van der Waals surface area (Å²) in [5.74, 6) is 0.989. The van der Waals surface area contributed by atoms with Crippen molar-refractivity contribution in [2.75, 3.05) is 0 Å². The molecule has 2 atom stereocenters. The predicted octanol–water partition coefficient (Wildman–Crippen LogP) is 7.25. The van der Waals surface area contributed by atoms with E-state index >= 15 is 0 Å². The zero-order valence-electron chi connectivity index (χ0n) is 13.1. The quantitative estimate of drug-likeness (QED) is 0.276. The molecule has 1 fully saturated rings. The Balaban J connectivity index is 1.80. The molecular formula is C18H35Br. The molecular weight excluding hydrogens is 296 g/mol. The molecule has 1 saturated carbocycles. The van der Waals surface area contributed by atoms with Crippen LogP contribution in [0.5, 0.6) is 0 Å². The molecule has 1 aliphatic carbocycles. The molecule has 19 heavy (non-hydrogen) atoms. The number of hydrogen-bond donors (Lipinski definition) is 0. The average Bonchev–Trinajstić information content (AvgIpc) is 2.43. The molecule has 1 rings (SSSR count). The van der Waals surface area contributed by atoms with Crippen LogP contribution in [0.25, 0.3) is 0 Å². The molecule has 0 aliphatic heterocycles. The lowest BCUT2D eigenvalue weighted by atomic mass is 9.85. The van der Waals surface area contributed by atoms with Crippen molar-refractivity contribution in [1.29, 1.82) is 0 Å². The van der Waals surface area contributed by atoms with E-state index in [1.54, 1.807) is 0 Å². The van der Waals surface area contributed by atoms with Crippen molar-refractivity contribution in [2.24, 2.45) is 5.92 Å². The molecule has 2 unspecified atom stereocenters. The standard InChI is InChI=1S/C18H35Br/c1-2-3-4-5-6-7-8-9-10-11-14-17-15-12-13-16-18(17)19/h17-18H,2-16H2,1H3. The van der Waals surface area contributed by atoms with Crippen molar-refractivity contribution in [3.63, 3.8) is 0 Å². The second-order valence-electron chi connectivity index (χ2n) is 6.53. The van der Waals surface area contributed by atoms with E-state index < -0.39 is 0 Å². The number of unbranched alkanes of at least 4 members (excludes halogenated alkanes) is 9. The Morgan fingerprint density at radius 1 is 0.737 bits per heavy atom. The number of rotatable bonds is 11. The Kier molecular flexibility index (Phi) is 11.3. The summed E-state index contributed by atoms with van der Waals surface area (Å²) in [5, 5.41) is 0. The van der Waals surface area contributed by atoms with Crippen LogP contribution in [-0.2, 0) is 0 Å². The molecule has 0 nitrogen and oxygen atoms in total. The Labute approximate surface area is 130 Å². The lowest BCUT2D eigenvalue weighted by molar-refractivity contribution is 0.342. The fraction of sp³-hybridized carbons (Fsp3) is 1.00. The molecule has 0 spiro atoms. The second-order valence-corrected chi connectivity index (χ2v) is 7.71. The summed E-state index contributed by atoms with van der Waals surface area (Å²) < 4.78 is 0. The number of hydrogen-bond acceptors (Lipinski definition) is 0. The van der Waals surface area contributed by atoms with E-state index in [2.05, 4.69) is 22.9 Å². The van der Waals surface area contributed by atoms with E-state index in [4.69, 9.17) is 0 Å². The van der Waals surface area contributed by atoms with Crippen molar-refractivity contribution in [3.8, 4) is 0 Å². The zero-order chi connectivity index (χ0) is 13.8. The van der Waals surface area contributed by atoms with Gasteiger partial charge >= 0.3 is 0 Å². The Morgan fingerprint density at radius 2 is 1.26 bits per heavy atom. The number of halogens is 1. The van der Waals surface area contributed by atoms with Crippen LogP contribution in [0.1, 0.15) is 103 Å². The van der Waals surface area contributed by atoms with Crippen LogP contribution in [-0.4, -0.2) is 4.83 Å². The molecule has 1 heteroatoms. The van der Waals surface area contributed by atoms with Crippen molar-refractivity contribution in [1.82, 2.24) is 0 Å². The predicted molar refractivity (Wildman–Crippen MR) is 91.1 cm³/mol. The van der Waals surface area contributed by atoms with E-state index in [0.717, 1.165) is 10.7 Å². The molecule has 0 aromatic rings. The third-order valence-corrected chi connectivity index (χ3v) is 5.95. The summed E-state index contributed by atoms with van der Waals surface area (Å²) in [6.45, 7) is 2.30. The lowest BCUT2D eigenvalue weighted by Crippen LogP contribution is -2.18. The molecule has 0 N–H and O–H groups in total. The van der Waals surface area contributed by atoms with Gasteiger partial charge in [0.25, 0.3) is 0 Å². The van der Waals surface area contributed by atoms with E-state index in [9.17, 15) is 0 Å². The first-order valence-electron chi connectivity index (χ1n) is 8.98. The summed E-state index contributed by atoms with van der Waals surface area (Å²) in [7, 11) is 0. The normalized spacial score (nSPS) is 23.7. The highest BCUT2D eigenvalue weighted by Crippen LogP contribution is 2.33. The second kappa shape index (κ2) is 12.2. The van der Waals surface area contributed by atoms with E-state index in [0.29, 0.717) is 0 Å². The van der Waals surface area contributed by atoms with Gasteiger partial charge in [-0.1, -0.05) is 99.9 Å². The minimum absolute atomic E-state index is 0.833. The van der Waals surface area contributed by atoms with Crippen molar-refractivity contribution < 1.29 is 0 Å². The van der Waals surface area contributed by atoms with Gasteiger partial charge in [0.1, 0.15) is 0 Å². The molecule has 1 aliphatic rings. The van der Waals surface area contributed by atoms with Crippen molar-refractivity contribution in [3.05, 3.63) is 0 Å². The molecule has 0 aromatic heterocycles. The average molecular weight is 331 g/mol. The third-order valence-electron chi connectivity index (χ3n) is 4.74. The molecule has 0 saturated heterocycles. The van der Waals surface area contributed by atoms with Crippen molar-refractivity contribution in [2.45, 2.75) is 108 Å². The third kappa shape index (κ3) is 9.10. The van der Waals surface area contributed by atoms with E-state index in [1.165, 1.54) is 96.3 Å². The zero-order valence-corrected chi connectivity index (χ0v) is 14.7. The van der Waals surface area contributed by atoms with Gasteiger partial charge in [-0.3, -0.25) is 0 Å². The maximum absolute atomic E-state index is 3.88. The molecule has 0 heterocycles. The van der Waals surface area contributed by atoms with Crippen LogP contribution in [0.4, 0.5) is 0 Å². The lowest BCUT2D eigenvalue weighted by Gasteiger charge is -2.27. The van der Waals surface area contributed by atoms with Crippen LogP contribution >= 0.6 is 15.9 Å². The Morgan fingerprint density at radius 3 is 1.84 bits per heavy atom. The van der Waals surface area contributed by atoms with Gasteiger partial charge < -0.3 is 0 Å². The molecule has 0 aromatic carbocycles. The fourth-order valence-electron chi connectivity index (χ4n) is 3.38. The van der Waals surface area contributed by atoms with Gasteiger partial charge in [-0.2, -0.15) is 0 Å². The van der Waals surface area contributed by atoms with Crippen LogP contribution in [0, 0.1) is 5.92 Å². The monoisotopic (exact) mass is 330 g/mol. The molecule has 0 amide bonds. The van der Waals surface area contributed by atoms with Crippen LogP contribution in [0.3, 0.4) is 0 Å². The van der Waals surface area contributed by atoms with Gasteiger partial charge in [0.15, 0.2) is 0 Å². The fourth-order valence-corrected chi connectivity index (χ4v) is 4.23. The summed E-state index contributed by atoms with van der Waals surface area (Å²) in [6.07, 6.45) is 21.9. The van der Waals surface area contributed by atoms with E-state index in [-0.39, 0.29) is 0 Å². The van der Waals surface area contributed by atoms with Crippen molar-refractivity contribution >= 4 is 15.9 Å². The van der Waals surface area contributed by atoms with Gasteiger partial charge in [0.2, 0.25) is 0 Å². The number of alkyl halides is 1. The largest absolute Gasteiger partial charge is 0.0888 e. The minimum atomic E-state index is 0.833. The smallest absolute Gasteiger partial charge is 0.0174 e. The molecule has 114 valence electrons. The molecule has 0 bridgehead atoms. The van der Waals surface area contributed by atoms with Gasteiger partial charge in [0.05, 0.1) is 0 Å². The van der Waals surface area contributed by atoms with Crippen LogP contribution in [0.2, 0.25) is 0 Å². The maximum atomic E-state index is 3.88. The van der Waals surface area contributed by atoms with Crippen LogP contribution < -0.4 is 0 Å².